The van der Waals surface area contributed by atoms with Gasteiger partial charge in [-0.2, -0.15) is 5.26 Å². The van der Waals surface area contributed by atoms with Gasteiger partial charge in [0.1, 0.15) is 11.6 Å². The van der Waals surface area contributed by atoms with Gasteiger partial charge in [0, 0.05) is 12.1 Å². The molecule has 0 unspecified atom stereocenters. The van der Waals surface area contributed by atoms with Crippen LogP contribution in [0.1, 0.15) is 32.6 Å². The molecular formula is C25H24N2O6. The van der Waals surface area contributed by atoms with Gasteiger partial charge >= 0.3 is 0 Å². The number of carbonyl (C=O) groups is 1. The number of rotatable bonds is 8. The van der Waals surface area contributed by atoms with Crippen LogP contribution < -0.4 is 19.8 Å². The predicted molar refractivity (Wildman–Crippen MR) is 121 cm³/mol. The monoisotopic (exact) mass is 448 g/mol. The fraction of sp³-hybridized carbons (Fsp3) is 0.240. The Kier molecular flexibility index (Phi) is 7.04. The summed E-state index contributed by atoms with van der Waals surface area (Å²) in [4.78, 5) is 26.4. The third-order valence-corrected chi connectivity index (χ3v) is 5.42. The molecule has 3 aromatic rings. The molecule has 1 N–H and O–H groups in total. The van der Waals surface area contributed by atoms with Crippen LogP contribution in [-0.4, -0.2) is 36.8 Å². The van der Waals surface area contributed by atoms with Gasteiger partial charge in [-0.05, 0) is 36.6 Å². The number of aryl methyl sites for hydroxylation is 1. The number of hydrogen-bond donors (Lipinski definition) is 1. The molecule has 0 bridgehead atoms. The molecule has 2 aromatic carbocycles. The predicted octanol–water partition coefficient (Wildman–Crippen LogP) is 3.23. The molecule has 0 saturated carbocycles. The van der Waals surface area contributed by atoms with E-state index in [9.17, 15) is 20.0 Å². The fourth-order valence-corrected chi connectivity index (χ4v) is 3.67. The van der Waals surface area contributed by atoms with E-state index in [2.05, 4.69) is 0 Å². The first-order valence-corrected chi connectivity index (χ1v) is 10.1. The minimum absolute atomic E-state index is 0.0964. The molecule has 8 heteroatoms. The number of aromatic hydroxyl groups is 1. The van der Waals surface area contributed by atoms with E-state index >= 15 is 0 Å². The normalized spacial score (nSPS) is 10.4. The van der Waals surface area contributed by atoms with E-state index in [0.29, 0.717) is 12.2 Å². The summed E-state index contributed by atoms with van der Waals surface area (Å²) in [6, 6.07) is 14.2. The van der Waals surface area contributed by atoms with E-state index in [1.807, 2.05) is 36.4 Å². The first-order valence-electron chi connectivity index (χ1n) is 10.1. The highest BCUT2D eigenvalue weighted by molar-refractivity contribution is 6.12. The summed E-state index contributed by atoms with van der Waals surface area (Å²) in [5, 5.41) is 20.6. The number of ether oxygens (including phenoxy) is 3. The van der Waals surface area contributed by atoms with Crippen molar-refractivity contribution >= 4 is 5.78 Å². The molecule has 0 fully saturated rings. The van der Waals surface area contributed by atoms with Crippen molar-refractivity contribution in [3.63, 3.8) is 0 Å². The van der Waals surface area contributed by atoms with Crippen molar-refractivity contribution in [3.8, 4) is 29.2 Å². The van der Waals surface area contributed by atoms with Crippen LogP contribution in [0.15, 0.2) is 47.3 Å². The molecule has 0 atom stereocenters. The highest BCUT2D eigenvalue weighted by Gasteiger charge is 2.26. The Labute approximate surface area is 191 Å². The molecular weight excluding hydrogens is 424 g/mol. The van der Waals surface area contributed by atoms with Crippen molar-refractivity contribution in [1.29, 1.82) is 5.26 Å². The Morgan fingerprint density at radius 2 is 1.67 bits per heavy atom. The van der Waals surface area contributed by atoms with Gasteiger partial charge < -0.3 is 19.3 Å². The van der Waals surface area contributed by atoms with Crippen LogP contribution in [0.25, 0.3) is 0 Å². The van der Waals surface area contributed by atoms with E-state index in [0.717, 1.165) is 10.1 Å². The lowest BCUT2D eigenvalue weighted by Crippen LogP contribution is -2.27. The molecule has 0 amide bonds. The van der Waals surface area contributed by atoms with Gasteiger partial charge in [0.2, 0.25) is 11.6 Å². The second kappa shape index (κ2) is 9.92. The Bertz CT molecular complexity index is 1260. The summed E-state index contributed by atoms with van der Waals surface area (Å²) in [7, 11) is 4.29. The van der Waals surface area contributed by atoms with Gasteiger partial charge in [-0.3, -0.25) is 14.2 Å². The summed E-state index contributed by atoms with van der Waals surface area (Å²) >= 11 is 0. The Balaban J connectivity index is 2.15. The summed E-state index contributed by atoms with van der Waals surface area (Å²) in [6.07, 6.45) is 0.431. The molecule has 0 aliphatic heterocycles. The first kappa shape index (κ1) is 23.4. The lowest BCUT2D eigenvalue weighted by atomic mass is 9.96. The second-order valence-corrected chi connectivity index (χ2v) is 7.25. The van der Waals surface area contributed by atoms with Crippen LogP contribution in [0.3, 0.4) is 0 Å². The van der Waals surface area contributed by atoms with Gasteiger partial charge in [-0.25, -0.2) is 0 Å². The number of pyridine rings is 1. The van der Waals surface area contributed by atoms with Crippen LogP contribution in [0, 0.1) is 18.3 Å². The Morgan fingerprint density at radius 3 is 2.18 bits per heavy atom. The number of methoxy groups -OCH3 is 3. The standard InChI is InChI=1S/C25H24N2O6/c1-15-18(14-26)24(29)27(11-10-16-8-6-5-7-9-16)25(30)21(15)22(28)17-12-19(31-2)23(33-4)20(13-17)32-3/h5-9,12-13,30H,10-11H2,1-4H3. The number of aromatic nitrogens is 1. The number of nitrogens with zero attached hydrogens (tertiary/aromatic N) is 2. The zero-order valence-corrected chi connectivity index (χ0v) is 18.8. The smallest absolute Gasteiger partial charge is 0.271 e. The zero-order valence-electron chi connectivity index (χ0n) is 18.8. The van der Waals surface area contributed by atoms with Crippen LogP contribution in [0.5, 0.6) is 23.1 Å². The summed E-state index contributed by atoms with van der Waals surface area (Å²) < 4.78 is 17.0. The molecule has 0 aliphatic rings. The van der Waals surface area contributed by atoms with Crippen molar-refractivity contribution in [2.75, 3.05) is 21.3 Å². The van der Waals surface area contributed by atoms with Crippen LogP contribution >= 0.6 is 0 Å². The van der Waals surface area contributed by atoms with E-state index in [1.165, 1.54) is 40.4 Å². The van der Waals surface area contributed by atoms with Crippen molar-refractivity contribution in [2.24, 2.45) is 0 Å². The van der Waals surface area contributed by atoms with Gasteiger partial charge in [0.15, 0.2) is 17.3 Å². The van der Waals surface area contributed by atoms with Crippen LogP contribution in [-0.2, 0) is 13.0 Å². The maximum absolute atomic E-state index is 13.5. The first-order chi connectivity index (χ1) is 15.9. The molecule has 1 heterocycles. The van der Waals surface area contributed by atoms with Crippen molar-refractivity contribution in [3.05, 3.63) is 80.6 Å². The van der Waals surface area contributed by atoms with Crippen molar-refractivity contribution in [1.82, 2.24) is 4.57 Å². The Hall–Kier alpha value is -4.25. The fourth-order valence-electron chi connectivity index (χ4n) is 3.67. The summed E-state index contributed by atoms with van der Waals surface area (Å²) in [5.41, 5.74) is 0.213. The maximum atomic E-state index is 13.5. The molecule has 0 aliphatic carbocycles. The minimum Gasteiger partial charge on any atom is -0.494 e. The van der Waals surface area contributed by atoms with Crippen molar-refractivity contribution < 1.29 is 24.1 Å². The van der Waals surface area contributed by atoms with Gasteiger partial charge in [0.25, 0.3) is 5.56 Å². The third-order valence-electron chi connectivity index (χ3n) is 5.42. The van der Waals surface area contributed by atoms with Crippen molar-refractivity contribution in [2.45, 2.75) is 19.9 Å². The highest BCUT2D eigenvalue weighted by Crippen LogP contribution is 2.39. The number of nitriles is 1. The molecule has 3 rings (SSSR count). The lowest BCUT2D eigenvalue weighted by Gasteiger charge is -2.17. The summed E-state index contributed by atoms with van der Waals surface area (Å²) in [6.45, 7) is 1.56. The minimum atomic E-state index is -0.648. The van der Waals surface area contributed by atoms with Gasteiger partial charge in [-0.15, -0.1) is 0 Å². The molecule has 170 valence electrons. The number of ketones is 1. The Morgan fingerprint density at radius 1 is 1.06 bits per heavy atom. The van der Waals surface area contributed by atoms with Crippen LogP contribution in [0.4, 0.5) is 0 Å². The number of carbonyl (C=O) groups excluding carboxylic acids is 1. The second-order valence-electron chi connectivity index (χ2n) is 7.25. The van der Waals surface area contributed by atoms with Gasteiger partial charge in [-0.1, -0.05) is 30.3 Å². The topological polar surface area (TPSA) is 111 Å². The summed E-state index contributed by atoms with van der Waals surface area (Å²) in [5.74, 6) is -0.256. The molecule has 0 radical (unpaired) electrons. The molecule has 33 heavy (non-hydrogen) atoms. The lowest BCUT2D eigenvalue weighted by molar-refractivity contribution is 0.103. The molecule has 0 saturated heterocycles. The van der Waals surface area contributed by atoms with Gasteiger partial charge in [0.05, 0.1) is 26.9 Å². The number of hydrogen-bond acceptors (Lipinski definition) is 7. The van der Waals surface area contributed by atoms with E-state index in [-0.39, 0.29) is 40.3 Å². The van der Waals surface area contributed by atoms with E-state index < -0.39 is 17.2 Å². The average Bonchev–Trinajstić information content (AvgIpc) is 2.83. The van der Waals surface area contributed by atoms with Crippen LogP contribution in [0.2, 0.25) is 0 Å². The quantitative estimate of drug-likeness (QED) is 0.527. The molecule has 1 aromatic heterocycles. The molecule has 0 spiro atoms. The highest BCUT2D eigenvalue weighted by atomic mass is 16.5. The largest absolute Gasteiger partial charge is 0.494 e. The SMILES string of the molecule is COc1cc(C(=O)c2c(C)c(C#N)c(=O)n(CCc3ccccc3)c2O)cc(OC)c1OC. The average molecular weight is 448 g/mol. The maximum Gasteiger partial charge on any atom is 0.271 e. The van der Waals surface area contributed by atoms with E-state index in [1.54, 1.807) is 0 Å². The third kappa shape index (κ3) is 4.39. The van der Waals surface area contributed by atoms with E-state index in [4.69, 9.17) is 14.2 Å². The zero-order chi connectivity index (χ0) is 24.1. The molecule has 8 nitrogen and oxygen atoms in total. The number of benzene rings is 2.